The van der Waals surface area contributed by atoms with Crippen LogP contribution in [0.3, 0.4) is 0 Å². The number of rotatable bonds is 7. The first kappa shape index (κ1) is 18.8. The summed E-state index contributed by atoms with van der Waals surface area (Å²) in [7, 11) is 1.59. The summed E-state index contributed by atoms with van der Waals surface area (Å²) < 4.78 is 12.1. The van der Waals surface area contributed by atoms with Crippen molar-refractivity contribution in [3.8, 4) is 11.5 Å². The van der Waals surface area contributed by atoms with Crippen LogP contribution in [0.15, 0.2) is 41.1 Å². The predicted molar refractivity (Wildman–Crippen MR) is 105 cm³/mol. The molecule has 3 aromatic rings. The van der Waals surface area contributed by atoms with Crippen molar-refractivity contribution in [1.82, 2.24) is 15.2 Å². The lowest BCUT2D eigenvalue weighted by atomic mass is 10.2. The monoisotopic (exact) mass is 456 g/mol. The summed E-state index contributed by atoms with van der Waals surface area (Å²) >= 11 is 15.9. The average molecular weight is 458 g/mol. The number of anilines is 1. The van der Waals surface area contributed by atoms with Crippen molar-refractivity contribution in [3.05, 3.63) is 62.3 Å². The van der Waals surface area contributed by atoms with Crippen molar-refractivity contribution in [2.45, 2.75) is 13.2 Å². The molecule has 2 N–H and O–H groups in total. The molecule has 0 saturated carbocycles. The molecular formula is C17H15BrCl2N4O2. The molecule has 0 atom stereocenters. The quantitative estimate of drug-likeness (QED) is 0.517. The highest BCUT2D eigenvalue weighted by Crippen LogP contribution is 2.38. The Hall–Kier alpha value is -1.96. The van der Waals surface area contributed by atoms with Gasteiger partial charge in [-0.3, -0.25) is 0 Å². The third-order valence-corrected chi connectivity index (χ3v) is 4.88. The van der Waals surface area contributed by atoms with Gasteiger partial charge in [0, 0.05) is 22.2 Å². The fourth-order valence-corrected chi connectivity index (χ4v) is 3.42. The normalized spacial score (nSPS) is 10.6. The lowest BCUT2D eigenvalue weighted by Crippen LogP contribution is -2.04. The number of nitrogens with zero attached hydrogens (tertiary/aromatic N) is 2. The molecule has 0 bridgehead atoms. The van der Waals surface area contributed by atoms with Crippen molar-refractivity contribution in [1.29, 1.82) is 0 Å². The van der Waals surface area contributed by atoms with Crippen molar-refractivity contribution >= 4 is 45.1 Å². The maximum atomic E-state index is 6.19. The van der Waals surface area contributed by atoms with Gasteiger partial charge in [-0.05, 0) is 45.8 Å². The standard InChI is InChI=1S/C17H15BrCl2N4O2/c1-25-15-6-10(7-21-17-22-9-23-24-17)5-12(18)16(15)26-8-11-13(19)3-2-4-14(11)20/h2-6,9H,7-8H2,1H3,(H2,21,22,23,24). The Kier molecular flexibility index (Phi) is 6.24. The number of nitrogens with one attached hydrogen (secondary N) is 2. The Morgan fingerprint density at radius 1 is 1.23 bits per heavy atom. The van der Waals surface area contributed by atoms with Crippen molar-refractivity contribution in [3.63, 3.8) is 0 Å². The van der Waals surface area contributed by atoms with Gasteiger partial charge in [0.15, 0.2) is 11.5 Å². The summed E-state index contributed by atoms with van der Waals surface area (Å²) in [4.78, 5) is 4.02. The number of hydrogen-bond donors (Lipinski definition) is 2. The molecule has 1 aromatic heterocycles. The predicted octanol–water partition coefficient (Wildman–Crippen LogP) is 5.07. The van der Waals surface area contributed by atoms with Crippen LogP contribution in [0.2, 0.25) is 10.0 Å². The van der Waals surface area contributed by atoms with Crippen LogP contribution in [0.25, 0.3) is 0 Å². The zero-order valence-corrected chi connectivity index (χ0v) is 16.8. The molecule has 0 amide bonds. The van der Waals surface area contributed by atoms with Crippen LogP contribution in [-0.2, 0) is 13.2 Å². The van der Waals surface area contributed by atoms with E-state index in [1.807, 2.05) is 12.1 Å². The van der Waals surface area contributed by atoms with E-state index < -0.39 is 0 Å². The van der Waals surface area contributed by atoms with Gasteiger partial charge in [0.05, 0.1) is 11.6 Å². The Labute approximate surface area is 169 Å². The molecule has 26 heavy (non-hydrogen) atoms. The summed E-state index contributed by atoms with van der Waals surface area (Å²) in [6.07, 6.45) is 1.44. The molecule has 0 unspecified atom stereocenters. The molecule has 2 aromatic carbocycles. The van der Waals surface area contributed by atoms with Gasteiger partial charge in [-0.2, -0.15) is 5.10 Å². The number of hydrogen-bond acceptors (Lipinski definition) is 5. The van der Waals surface area contributed by atoms with E-state index in [0.717, 1.165) is 15.6 Å². The second kappa shape index (κ2) is 8.62. The molecule has 3 rings (SSSR count). The fraction of sp³-hybridized carbons (Fsp3) is 0.176. The van der Waals surface area contributed by atoms with Crippen molar-refractivity contribution in [2.24, 2.45) is 0 Å². The molecule has 0 aliphatic carbocycles. The lowest BCUT2D eigenvalue weighted by Gasteiger charge is -2.15. The van der Waals surface area contributed by atoms with E-state index in [1.165, 1.54) is 6.33 Å². The minimum Gasteiger partial charge on any atom is -0.493 e. The van der Waals surface area contributed by atoms with Gasteiger partial charge in [0.25, 0.3) is 0 Å². The first-order valence-electron chi connectivity index (χ1n) is 7.60. The Morgan fingerprint density at radius 2 is 2.00 bits per heavy atom. The molecule has 0 saturated heterocycles. The van der Waals surface area contributed by atoms with E-state index in [2.05, 4.69) is 36.4 Å². The highest BCUT2D eigenvalue weighted by Gasteiger charge is 2.14. The third-order valence-electron chi connectivity index (χ3n) is 3.59. The average Bonchev–Trinajstić information content (AvgIpc) is 3.14. The minimum absolute atomic E-state index is 0.225. The van der Waals surface area contributed by atoms with Crippen LogP contribution in [0, 0.1) is 0 Å². The van der Waals surface area contributed by atoms with Crippen molar-refractivity contribution in [2.75, 3.05) is 12.4 Å². The zero-order valence-electron chi connectivity index (χ0n) is 13.7. The van der Waals surface area contributed by atoms with E-state index >= 15 is 0 Å². The smallest absolute Gasteiger partial charge is 0.218 e. The number of H-pyrrole nitrogens is 1. The fourth-order valence-electron chi connectivity index (χ4n) is 2.31. The molecule has 0 radical (unpaired) electrons. The SMILES string of the molecule is COc1cc(CNc2ncn[nH]2)cc(Br)c1OCc1c(Cl)cccc1Cl. The van der Waals surface area contributed by atoms with E-state index in [9.17, 15) is 0 Å². The second-order valence-corrected chi connectivity index (χ2v) is 6.95. The molecule has 0 fully saturated rings. The van der Waals surface area contributed by atoms with Gasteiger partial charge < -0.3 is 14.8 Å². The van der Waals surface area contributed by atoms with Crippen LogP contribution < -0.4 is 14.8 Å². The number of halogens is 3. The van der Waals surface area contributed by atoms with E-state index in [0.29, 0.717) is 34.0 Å². The van der Waals surface area contributed by atoms with Gasteiger partial charge in [-0.15, -0.1) is 0 Å². The molecule has 9 heteroatoms. The minimum atomic E-state index is 0.225. The summed E-state index contributed by atoms with van der Waals surface area (Å²) in [5.41, 5.74) is 1.70. The molecule has 0 spiro atoms. The number of ether oxygens (including phenoxy) is 2. The van der Waals surface area contributed by atoms with Crippen LogP contribution in [0.1, 0.15) is 11.1 Å². The number of benzene rings is 2. The Bertz CT molecular complexity index is 870. The Morgan fingerprint density at radius 3 is 2.65 bits per heavy atom. The maximum absolute atomic E-state index is 6.19. The van der Waals surface area contributed by atoms with Crippen LogP contribution in [-0.4, -0.2) is 22.3 Å². The number of aromatic nitrogens is 3. The molecule has 6 nitrogen and oxygen atoms in total. The van der Waals surface area contributed by atoms with Crippen molar-refractivity contribution < 1.29 is 9.47 Å². The van der Waals surface area contributed by atoms with Gasteiger partial charge in [-0.25, -0.2) is 10.1 Å². The number of aromatic amines is 1. The first-order chi connectivity index (χ1) is 12.6. The third kappa shape index (κ3) is 4.41. The number of methoxy groups -OCH3 is 1. The zero-order chi connectivity index (χ0) is 18.5. The van der Waals surface area contributed by atoms with Crippen LogP contribution in [0.5, 0.6) is 11.5 Å². The van der Waals surface area contributed by atoms with Gasteiger partial charge in [0.2, 0.25) is 5.95 Å². The van der Waals surface area contributed by atoms with Crippen LogP contribution >= 0.6 is 39.1 Å². The van der Waals surface area contributed by atoms with E-state index in [-0.39, 0.29) is 6.61 Å². The maximum Gasteiger partial charge on any atom is 0.218 e. The summed E-state index contributed by atoms with van der Waals surface area (Å²) in [6, 6.07) is 9.17. The molecule has 1 heterocycles. The van der Waals surface area contributed by atoms with E-state index in [1.54, 1.807) is 25.3 Å². The topological polar surface area (TPSA) is 72.1 Å². The summed E-state index contributed by atoms with van der Waals surface area (Å²) in [5, 5.41) is 10.8. The van der Waals surface area contributed by atoms with Gasteiger partial charge in [-0.1, -0.05) is 29.3 Å². The molecule has 0 aliphatic heterocycles. The molecule has 0 aliphatic rings. The molecule has 136 valence electrons. The molecular weight excluding hydrogens is 443 g/mol. The van der Waals surface area contributed by atoms with Crippen LogP contribution in [0.4, 0.5) is 5.95 Å². The first-order valence-corrected chi connectivity index (χ1v) is 9.14. The highest BCUT2D eigenvalue weighted by molar-refractivity contribution is 9.10. The van der Waals surface area contributed by atoms with Gasteiger partial charge >= 0.3 is 0 Å². The van der Waals surface area contributed by atoms with Gasteiger partial charge in [0.1, 0.15) is 12.9 Å². The second-order valence-electron chi connectivity index (χ2n) is 5.29. The van der Waals surface area contributed by atoms with E-state index in [4.69, 9.17) is 32.7 Å². The lowest BCUT2D eigenvalue weighted by molar-refractivity contribution is 0.282. The highest BCUT2D eigenvalue weighted by atomic mass is 79.9. The largest absolute Gasteiger partial charge is 0.493 e. The Balaban J connectivity index is 1.76. The summed E-state index contributed by atoms with van der Waals surface area (Å²) in [5.74, 6) is 1.76. The summed E-state index contributed by atoms with van der Waals surface area (Å²) in [6.45, 7) is 0.768.